The Morgan fingerprint density at radius 3 is 2.47 bits per heavy atom. The van der Waals surface area contributed by atoms with E-state index in [-0.39, 0.29) is 0 Å². The van der Waals surface area contributed by atoms with Crippen LogP contribution in [-0.4, -0.2) is 12.6 Å². The van der Waals surface area contributed by atoms with Gasteiger partial charge in [-0.1, -0.05) is 37.3 Å². The minimum atomic E-state index is 0.461. The molecule has 1 nitrogen and oxygen atoms in total. The fraction of sp³-hybridized carbons (Fsp3) is 0.429. The van der Waals surface area contributed by atoms with Gasteiger partial charge in [0, 0.05) is 6.04 Å². The van der Waals surface area contributed by atoms with Gasteiger partial charge in [0.05, 0.1) is 0 Å². The van der Waals surface area contributed by atoms with Crippen molar-refractivity contribution >= 4 is 0 Å². The molecule has 0 heterocycles. The summed E-state index contributed by atoms with van der Waals surface area (Å²) in [7, 11) is 0. The molecule has 0 aliphatic heterocycles. The molecule has 0 fully saturated rings. The molecule has 0 amide bonds. The van der Waals surface area contributed by atoms with Gasteiger partial charge in [0.2, 0.25) is 0 Å². The van der Waals surface area contributed by atoms with Crippen molar-refractivity contribution in [3.05, 3.63) is 48.0 Å². The van der Waals surface area contributed by atoms with Crippen LogP contribution >= 0.6 is 0 Å². The Bertz CT molecular complexity index is 318. The standard InChI is InChI=1S/C14H19N/c1-3-14(15-4-2)13-9-11-7-5-6-8-12(11)10-13/h3,5-8,13-15H,1,4,9-10H2,2H3. The molecule has 0 aromatic heterocycles. The van der Waals surface area contributed by atoms with E-state index in [9.17, 15) is 0 Å². The van der Waals surface area contributed by atoms with Crippen molar-refractivity contribution in [2.75, 3.05) is 6.54 Å². The van der Waals surface area contributed by atoms with Crippen LogP contribution in [0.3, 0.4) is 0 Å². The van der Waals surface area contributed by atoms with Crippen molar-refractivity contribution in [2.45, 2.75) is 25.8 Å². The van der Waals surface area contributed by atoms with Crippen molar-refractivity contribution in [2.24, 2.45) is 5.92 Å². The van der Waals surface area contributed by atoms with Crippen LogP contribution in [0.2, 0.25) is 0 Å². The molecule has 0 radical (unpaired) electrons. The SMILES string of the molecule is C=CC(NCC)C1Cc2ccccc2C1. The molecule has 0 spiro atoms. The second kappa shape index (κ2) is 4.63. The van der Waals surface area contributed by atoms with E-state index in [1.807, 2.05) is 0 Å². The number of hydrogen-bond donors (Lipinski definition) is 1. The van der Waals surface area contributed by atoms with Crippen molar-refractivity contribution in [3.8, 4) is 0 Å². The Morgan fingerprint density at radius 2 is 2.00 bits per heavy atom. The monoisotopic (exact) mass is 201 g/mol. The zero-order valence-electron chi connectivity index (χ0n) is 9.37. The van der Waals surface area contributed by atoms with E-state index in [0.717, 1.165) is 6.54 Å². The number of hydrogen-bond acceptors (Lipinski definition) is 1. The van der Waals surface area contributed by atoms with Crippen LogP contribution in [0.1, 0.15) is 18.1 Å². The Hall–Kier alpha value is -1.08. The highest BCUT2D eigenvalue weighted by atomic mass is 14.9. The summed E-state index contributed by atoms with van der Waals surface area (Å²) in [5.74, 6) is 0.694. The molecule has 1 N–H and O–H groups in total. The molecule has 1 aliphatic rings. The minimum absolute atomic E-state index is 0.461. The first-order valence-electron chi connectivity index (χ1n) is 5.78. The highest BCUT2D eigenvalue weighted by Gasteiger charge is 2.25. The maximum Gasteiger partial charge on any atom is 0.0281 e. The minimum Gasteiger partial charge on any atom is -0.311 e. The summed E-state index contributed by atoms with van der Waals surface area (Å²) < 4.78 is 0. The maximum atomic E-state index is 3.92. The Morgan fingerprint density at radius 1 is 1.40 bits per heavy atom. The summed E-state index contributed by atoms with van der Waals surface area (Å²) in [6.07, 6.45) is 4.44. The molecule has 1 aromatic carbocycles. The van der Waals surface area contributed by atoms with Gasteiger partial charge in [0.15, 0.2) is 0 Å². The van der Waals surface area contributed by atoms with Gasteiger partial charge in [-0.2, -0.15) is 0 Å². The summed E-state index contributed by atoms with van der Waals surface area (Å²) in [5, 5.41) is 3.49. The Labute approximate surface area is 92.2 Å². The third-order valence-corrected chi connectivity index (χ3v) is 3.28. The maximum absolute atomic E-state index is 3.92. The summed E-state index contributed by atoms with van der Waals surface area (Å²) >= 11 is 0. The predicted octanol–water partition coefficient (Wildman–Crippen LogP) is 2.57. The molecule has 1 heteroatoms. The molecule has 2 rings (SSSR count). The highest BCUT2D eigenvalue weighted by Crippen LogP contribution is 2.28. The summed E-state index contributed by atoms with van der Waals surface area (Å²) in [4.78, 5) is 0. The highest BCUT2D eigenvalue weighted by molar-refractivity contribution is 5.33. The van der Waals surface area contributed by atoms with Crippen LogP contribution in [-0.2, 0) is 12.8 Å². The van der Waals surface area contributed by atoms with Crippen molar-refractivity contribution < 1.29 is 0 Å². The summed E-state index contributed by atoms with van der Waals surface area (Å²) in [5.41, 5.74) is 3.04. The lowest BCUT2D eigenvalue weighted by Crippen LogP contribution is -2.34. The van der Waals surface area contributed by atoms with Gasteiger partial charge in [-0.05, 0) is 36.4 Å². The molecule has 15 heavy (non-hydrogen) atoms. The number of benzene rings is 1. The van der Waals surface area contributed by atoms with Gasteiger partial charge < -0.3 is 5.32 Å². The molecule has 0 bridgehead atoms. The Balaban J connectivity index is 2.08. The zero-order valence-corrected chi connectivity index (χ0v) is 9.37. The average Bonchev–Trinajstić information content (AvgIpc) is 2.69. The quantitative estimate of drug-likeness (QED) is 0.738. The van der Waals surface area contributed by atoms with E-state index in [0.29, 0.717) is 12.0 Å². The fourth-order valence-electron chi connectivity index (χ4n) is 2.52. The van der Waals surface area contributed by atoms with E-state index < -0.39 is 0 Å². The van der Waals surface area contributed by atoms with E-state index in [2.05, 4.69) is 49.2 Å². The molecule has 1 atom stereocenters. The molecule has 1 unspecified atom stereocenters. The number of rotatable bonds is 4. The lowest BCUT2D eigenvalue weighted by Gasteiger charge is -2.20. The van der Waals surface area contributed by atoms with E-state index in [4.69, 9.17) is 0 Å². The first-order valence-corrected chi connectivity index (χ1v) is 5.78. The third kappa shape index (κ3) is 2.13. The van der Waals surface area contributed by atoms with Gasteiger partial charge in [-0.25, -0.2) is 0 Å². The molecule has 1 aromatic rings. The first-order chi connectivity index (χ1) is 7.35. The van der Waals surface area contributed by atoms with Gasteiger partial charge in [-0.3, -0.25) is 0 Å². The third-order valence-electron chi connectivity index (χ3n) is 3.28. The lowest BCUT2D eigenvalue weighted by molar-refractivity contribution is 0.429. The topological polar surface area (TPSA) is 12.0 Å². The van der Waals surface area contributed by atoms with E-state index in [1.54, 1.807) is 0 Å². The largest absolute Gasteiger partial charge is 0.311 e. The first kappa shape index (κ1) is 10.4. The number of fused-ring (bicyclic) bond motifs is 1. The van der Waals surface area contributed by atoms with Crippen molar-refractivity contribution in [3.63, 3.8) is 0 Å². The van der Waals surface area contributed by atoms with E-state index >= 15 is 0 Å². The molecule has 1 aliphatic carbocycles. The second-order valence-corrected chi connectivity index (χ2v) is 4.26. The Kier molecular flexibility index (Phi) is 3.22. The normalized spacial score (nSPS) is 17.4. The smallest absolute Gasteiger partial charge is 0.0281 e. The van der Waals surface area contributed by atoms with Crippen LogP contribution in [0, 0.1) is 5.92 Å². The molecular weight excluding hydrogens is 182 g/mol. The van der Waals surface area contributed by atoms with Crippen molar-refractivity contribution in [1.82, 2.24) is 5.32 Å². The molecular formula is C14H19N. The molecule has 0 saturated carbocycles. The van der Waals surface area contributed by atoms with Gasteiger partial charge in [0.25, 0.3) is 0 Å². The molecule has 80 valence electrons. The van der Waals surface area contributed by atoms with Crippen LogP contribution in [0.4, 0.5) is 0 Å². The summed E-state index contributed by atoms with van der Waals surface area (Å²) in [6, 6.07) is 9.24. The van der Waals surface area contributed by atoms with Gasteiger partial charge in [0.1, 0.15) is 0 Å². The van der Waals surface area contributed by atoms with Crippen LogP contribution < -0.4 is 5.32 Å². The van der Waals surface area contributed by atoms with E-state index in [1.165, 1.54) is 24.0 Å². The molecule has 0 saturated heterocycles. The predicted molar refractivity (Wildman–Crippen MR) is 65.0 cm³/mol. The average molecular weight is 201 g/mol. The number of nitrogens with one attached hydrogen (secondary N) is 1. The summed E-state index contributed by atoms with van der Waals surface area (Å²) in [6.45, 7) is 7.09. The van der Waals surface area contributed by atoms with Crippen molar-refractivity contribution in [1.29, 1.82) is 0 Å². The van der Waals surface area contributed by atoms with Crippen LogP contribution in [0.25, 0.3) is 0 Å². The zero-order chi connectivity index (χ0) is 10.7. The lowest BCUT2D eigenvalue weighted by atomic mass is 9.96. The number of likely N-dealkylation sites (N-methyl/N-ethyl adjacent to an activating group) is 1. The second-order valence-electron chi connectivity index (χ2n) is 4.26. The van der Waals surface area contributed by atoms with Crippen LogP contribution in [0.15, 0.2) is 36.9 Å². The van der Waals surface area contributed by atoms with Gasteiger partial charge in [-0.15, -0.1) is 6.58 Å². The van der Waals surface area contributed by atoms with Gasteiger partial charge >= 0.3 is 0 Å². The fourth-order valence-corrected chi connectivity index (χ4v) is 2.52. The van der Waals surface area contributed by atoms with Crippen LogP contribution in [0.5, 0.6) is 0 Å².